The van der Waals surface area contributed by atoms with E-state index in [0.29, 0.717) is 11.4 Å². The Morgan fingerprint density at radius 2 is 2.06 bits per heavy atom. The van der Waals surface area contributed by atoms with Gasteiger partial charge in [0.1, 0.15) is 8.97 Å². The molecule has 0 atom stereocenters. The van der Waals surface area contributed by atoms with Crippen molar-refractivity contribution in [3.63, 3.8) is 0 Å². The van der Waals surface area contributed by atoms with Gasteiger partial charge < -0.3 is 10.1 Å². The summed E-state index contributed by atoms with van der Waals surface area (Å²) in [6.45, 7) is 0. The molecule has 0 bridgehead atoms. The number of anilines is 1. The first-order chi connectivity index (χ1) is 8.50. The molecular weight excluding hydrogens is 347 g/mol. The van der Waals surface area contributed by atoms with Crippen LogP contribution in [0.15, 0.2) is 44.8 Å². The fourth-order valence-electron chi connectivity index (χ4n) is 1.38. The van der Waals surface area contributed by atoms with Gasteiger partial charge in [0.2, 0.25) is 0 Å². The molecule has 0 saturated carbocycles. The molecule has 18 heavy (non-hydrogen) atoms. The molecule has 0 spiro atoms. The summed E-state index contributed by atoms with van der Waals surface area (Å²) in [4.78, 5) is 10.3. The zero-order valence-electron chi connectivity index (χ0n) is 8.62. The Hall–Kier alpha value is -1.24. The maximum atomic E-state index is 11.0. The lowest BCUT2D eigenvalue weighted by atomic mass is 10.3. The minimum atomic E-state index is -0.666. The highest BCUT2D eigenvalue weighted by Crippen LogP contribution is 2.37. The highest BCUT2D eigenvalue weighted by molar-refractivity contribution is 9.12. The number of fused-ring (bicyclic) bond motifs is 1. The van der Waals surface area contributed by atoms with Gasteiger partial charge >= 0.3 is 5.70 Å². The number of benzene rings is 1. The van der Waals surface area contributed by atoms with Crippen molar-refractivity contribution in [2.75, 3.05) is 5.32 Å². The number of para-hydroxylation sites is 2. The molecule has 0 fully saturated rings. The third kappa shape index (κ3) is 2.45. The van der Waals surface area contributed by atoms with Crippen LogP contribution in [0, 0.1) is 10.1 Å². The van der Waals surface area contributed by atoms with E-state index in [0.717, 1.165) is 0 Å². The average molecular weight is 352 g/mol. The molecule has 5 nitrogen and oxygen atoms in total. The molecule has 94 valence electrons. The largest absolute Gasteiger partial charge is 0.433 e. The highest BCUT2D eigenvalue weighted by atomic mass is 79.9. The Labute approximate surface area is 120 Å². The second kappa shape index (κ2) is 5.17. The van der Waals surface area contributed by atoms with Crippen molar-refractivity contribution in [2.24, 2.45) is 0 Å². The van der Waals surface area contributed by atoms with E-state index in [2.05, 4.69) is 21.2 Å². The van der Waals surface area contributed by atoms with Crippen LogP contribution in [0.1, 0.15) is 0 Å². The van der Waals surface area contributed by atoms with Crippen molar-refractivity contribution < 1.29 is 9.66 Å². The molecule has 8 heteroatoms. The van der Waals surface area contributed by atoms with Gasteiger partial charge in [0.25, 0.3) is 5.88 Å². The number of halogens is 3. The topological polar surface area (TPSA) is 64.4 Å². The average Bonchev–Trinajstić information content (AvgIpc) is 2.71. The van der Waals surface area contributed by atoms with Crippen molar-refractivity contribution in [1.82, 2.24) is 0 Å². The molecule has 0 unspecified atom stereocenters. The monoisotopic (exact) mass is 350 g/mol. The first kappa shape index (κ1) is 13.2. The zero-order chi connectivity index (χ0) is 13.3. The van der Waals surface area contributed by atoms with Crippen LogP contribution in [0.2, 0.25) is 0 Å². The van der Waals surface area contributed by atoms with Crippen LogP contribution in [0.5, 0.6) is 5.75 Å². The van der Waals surface area contributed by atoms with Crippen LogP contribution >= 0.6 is 39.1 Å². The second-order valence-electron chi connectivity index (χ2n) is 3.23. The molecule has 1 aliphatic rings. The Morgan fingerprint density at radius 3 is 2.61 bits per heavy atom. The molecule has 2 rings (SSSR count). The molecule has 1 heterocycles. The van der Waals surface area contributed by atoms with E-state index in [9.17, 15) is 10.1 Å². The van der Waals surface area contributed by atoms with Gasteiger partial charge in [-0.15, -0.1) is 0 Å². The van der Waals surface area contributed by atoms with Gasteiger partial charge in [-0.3, -0.25) is 10.1 Å². The summed E-state index contributed by atoms with van der Waals surface area (Å²) in [5, 5.41) is 13.5. The number of hydrogen-bond acceptors (Lipinski definition) is 4. The van der Waals surface area contributed by atoms with Gasteiger partial charge in [-0.05, 0) is 28.1 Å². The molecule has 1 aliphatic heterocycles. The third-order valence-electron chi connectivity index (χ3n) is 2.12. The van der Waals surface area contributed by atoms with E-state index >= 15 is 0 Å². The van der Waals surface area contributed by atoms with E-state index in [-0.39, 0.29) is 14.9 Å². The highest BCUT2D eigenvalue weighted by Gasteiger charge is 2.31. The summed E-state index contributed by atoms with van der Waals surface area (Å²) < 4.78 is 5.27. The fourth-order valence-corrected chi connectivity index (χ4v) is 1.81. The standard InChI is InChI=1S/C10H5BrCl2N2O3/c11-9(13)7(12)8(15(16)17)10-14-5-3-1-2-4-6(5)18-10/h1-4,14H/b9-7+,10-8+. The van der Waals surface area contributed by atoms with Crippen LogP contribution in [0.4, 0.5) is 5.69 Å². The van der Waals surface area contributed by atoms with Gasteiger partial charge in [-0.2, -0.15) is 0 Å². The molecular formula is C10H5BrCl2N2O3. The van der Waals surface area contributed by atoms with Gasteiger partial charge in [0, 0.05) is 0 Å². The Morgan fingerprint density at radius 1 is 1.39 bits per heavy atom. The third-order valence-corrected chi connectivity index (χ3v) is 3.40. The maximum absolute atomic E-state index is 11.0. The van der Waals surface area contributed by atoms with E-state index in [4.69, 9.17) is 27.9 Å². The molecule has 1 N–H and O–H groups in total. The van der Waals surface area contributed by atoms with Gasteiger partial charge in [-0.1, -0.05) is 35.3 Å². The van der Waals surface area contributed by atoms with Crippen molar-refractivity contribution >= 4 is 44.8 Å². The number of allylic oxidation sites excluding steroid dienone is 1. The van der Waals surface area contributed by atoms with E-state index < -0.39 is 10.6 Å². The Kier molecular flexibility index (Phi) is 3.79. The smallest absolute Gasteiger partial charge is 0.349 e. The van der Waals surface area contributed by atoms with Crippen molar-refractivity contribution in [2.45, 2.75) is 0 Å². The van der Waals surface area contributed by atoms with Crippen LogP contribution in [-0.4, -0.2) is 4.92 Å². The number of rotatable bonds is 2. The number of hydrogen-bond donors (Lipinski definition) is 1. The number of nitrogens with one attached hydrogen (secondary N) is 1. The molecule has 0 radical (unpaired) electrons. The van der Waals surface area contributed by atoms with Gasteiger partial charge in [-0.25, -0.2) is 0 Å². The van der Waals surface area contributed by atoms with E-state index in [1.54, 1.807) is 24.3 Å². The minimum Gasteiger partial charge on any atom is -0.433 e. The summed E-state index contributed by atoms with van der Waals surface area (Å²) in [7, 11) is 0. The van der Waals surface area contributed by atoms with E-state index in [1.165, 1.54) is 0 Å². The molecule has 1 aromatic rings. The molecule has 0 aromatic heterocycles. The van der Waals surface area contributed by atoms with Crippen molar-refractivity contribution in [3.05, 3.63) is 54.9 Å². The first-order valence-corrected chi connectivity index (χ1v) is 6.19. The number of ether oxygens (including phenoxy) is 1. The predicted molar refractivity (Wildman–Crippen MR) is 72.4 cm³/mol. The van der Waals surface area contributed by atoms with Crippen LogP contribution in [0.25, 0.3) is 0 Å². The lowest BCUT2D eigenvalue weighted by Gasteiger charge is -2.02. The first-order valence-electron chi connectivity index (χ1n) is 4.64. The Balaban J connectivity index is 2.49. The lowest BCUT2D eigenvalue weighted by molar-refractivity contribution is -0.422. The van der Waals surface area contributed by atoms with Gasteiger partial charge in [0.15, 0.2) is 5.75 Å². The second-order valence-corrected chi connectivity index (χ2v) is 5.24. The lowest BCUT2D eigenvalue weighted by Crippen LogP contribution is -2.10. The summed E-state index contributed by atoms with van der Waals surface area (Å²) >= 11 is 14.3. The summed E-state index contributed by atoms with van der Waals surface area (Å²) in [5.41, 5.74) is 0.191. The number of nitro groups is 1. The SMILES string of the molecule is O=[N+]([O-])C(/C(Cl)=C(\Cl)Br)=C1\Nc2ccccc2O1. The maximum Gasteiger partial charge on any atom is 0.349 e. The fraction of sp³-hybridized carbons (Fsp3) is 0. The van der Waals surface area contributed by atoms with Crippen LogP contribution in [0.3, 0.4) is 0 Å². The molecule has 0 saturated heterocycles. The zero-order valence-corrected chi connectivity index (χ0v) is 11.7. The normalized spacial score (nSPS) is 17.3. The summed E-state index contributed by atoms with van der Waals surface area (Å²) in [6, 6.07) is 6.94. The molecule has 0 aliphatic carbocycles. The van der Waals surface area contributed by atoms with Gasteiger partial charge in [0.05, 0.1) is 10.6 Å². The predicted octanol–water partition coefficient (Wildman–Crippen LogP) is 3.98. The van der Waals surface area contributed by atoms with Crippen LogP contribution < -0.4 is 10.1 Å². The van der Waals surface area contributed by atoms with Crippen molar-refractivity contribution in [3.8, 4) is 5.75 Å². The molecule has 1 aromatic carbocycles. The van der Waals surface area contributed by atoms with E-state index in [1.807, 2.05) is 0 Å². The molecule has 0 amide bonds. The summed E-state index contributed by atoms with van der Waals surface area (Å²) in [5.74, 6) is 0.422. The Bertz CT molecular complexity index is 555. The van der Waals surface area contributed by atoms with Crippen LogP contribution in [-0.2, 0) is 0 Å². The minimum absolute atomic E-state index is 0.0651. The van der Waals surface area contributed by atoms with Crippen molar-refractivity contribution in [1.29, 1.82) is 0 Å². The quantitative estimate of drug-likeness (QED) is 0.646. The number of nitrogens with zero attached hydrogens (tertiary/aromatic N) is 1. The summed E-state index contributed by atoms with van der Waals surface area (Å²) in [6.07, 6.45) is 0.